The van der Waals surface area contributed by atoms with Crippen LogP contribution >= 0.6 is 11.5 Å². The van der Waals surface area contributed by atoms with E-state index in [0.717, 1.165) is 35.7 Å². The first-order valence-corrected chi connectivity index (χ1v) is 7.45. The standard InChI is InChI=1S/C9H9N5O2S2/c15-18(16,12-9-11-13-14-17-9)7-1-2-8-6(5-7)3-4-10-8/h1-2,5,10H,3-4H2,(H,11,12,14). The van der Waals surface area contributed by atoms with Gasteiger partial charge in [-0.15, -0.1) is 0 Å². The fourth-order valence-corrected chi connectivity index (χ4v) is 3.43. The van der Waals surface area contributed by atoms with Crippen LogP contribution in [0.2, 0.25) is 0 Å². The van der Waals surface area contributed by atoms with Crippen LogP contribution in [0.3, 0.4) is 0 Å². The Hall–Kier alpha value is -1.74. The molecule has 3 rings (SSSR count). The lowest BCUT2D eigenvalue weighted by molar-refractivity contribution is 0.601. The number of rotatable bonds is 3. The van der Waals surface area contributed by atoms with Crippen molar-refractivity contribution in [1.29, 1.82) is 0 Å². The molecule has 0 aliphatic carbocycles. The summed E-state index contributed by atoms with van der Waals surface area (Å²) in [5, 5.41) is 10.2. The monoisotopic (exact) mass is 283 g/mol. The summed E-state index contributed by atoms with van der Waals surface area (Å²) in [5.74, 6) is 0. The van der Waals surface area contributed by atoms with Crippen molar-refractivity contribution >= 4 is 32.4 Å². The Balaban J connectivity index is 1.94. The Morgan fingerprint density at radius 2 is 2.28 bits per heavy atom. The summed E-state index contributed by atoms with van der Waals surface area (Å²) in [5.41, 5.74) is 2.00. The number of anilines is 2. The van der Waals surface area contributed by atoms with Gasteiger partial charge in [-0.25, -0.2) is 8.42 Å². The molecule has 9 heteroatoms. The number of nitrogens with zero attached hydrogens (tertiary/aromatic N) is 3. The van der Waals surface area contributed by atoms with E-state index in [-0.39, 0.29) is 10.0 Å². The second-order valence-corrected chi connectivity index (χ2v) is 6.18. The van der Waals surface area contributed by atoms with Gasteiger partial charge >= 0.3 is 0 Å². The number of sulfonamides is 1. The third-order valence-corrected chi connectivity index (χ3v) is 4.59. The van der Waals surface area contributed by atoms with Gasteiger partial charge in [0.2, 0.25) is 5.13 Å². The topological polar surface area (TPSA) is 96.9 Å². The molecule has 94 valence electrons. The van der Waals surface area contributed by atoms with Gasteiger partial charge in [0.1, 0.15) is 0 Å². The fourth-order valence-electron chi connectivity index (χ4n) is 1.80. The molecular formula is C9H9N5O2S2. The molecule has 0 saturated heterocycles. The second-order valence-electron chi connectivity index (χ2n) is 3.77. The van der Waals surface area contributed by atoms with Crippen molar-refractivity contribution in [2.45, 2.75) is 11.3 Å². The molecule has 1 aromatic heterocycles. The van der Waals surface area contributed by atoms with Crippen LogP contribution in [0, 0.1) is 0 Å². The molecule has 0 atom stereocenters. The van der Waals surface area contributed by atoms with Gasteiger partial charge in [-0.1, -0.05) is 9.59 Å². The van der Waals surface area contributed by atoms with Gasteiger partial charge in [0.05, 0.1) is 4.90 Å². The van der Waals surface area contributed by atoms with Gasteiger partial charge in [0, 0.05) is 23.8 Å². The van der Waals surface area contributed by atoms with Crippen molar-refractivity contribution in [3.05, 3.63) is 23.8 Å². The van der Waals surface area contributed by atoms with E-state index < -0.39 is 10.0 Å². The highest BCUT2D eigenvalue weighted by molar-refractivity contribution is 7.93. The number of aromatic nitrogens is 3. The molecule has 1 aliphatic rings. The lowest BCUT2D eigenvalue weighted by Gasteiger charge is -2.06. The smallest absolute Gasteiger partial charge is 0.263 e. The second kappa shape index (κ2) is 4.18. The van der Waals surface area contributed by atoms with E-state index >= 15 is 0 Å². The summed E-state index contributed by atoms with van der Waals surface area (Å²) in [7, 11) is -3.61. The van der Waals surface area contributed by atoms with E-state index in [0.29, 0.717) is 0 Å². The van der Waals surface area contributed by atoms with Gasteiger partial charge < -0.3 is 5.32 Å². The molecule has 2 N–H and O–H groups in total. The van der Waals surface area contributed by atoms with Crippen LogP contribution in [0.15, 0.2) is 23.1 Å². The summed E-state index contributed by atoms with van der Waals surface area (Å²) in [4.78, 5) is 0.222. The van der Waals surface area contributed by atoms with Gasteiger partial charge in [-0.05, 0) is 35.4 Å². The Morgan fingerprint density at radius 1 is 1.39 bits per heavy atom. The highest BCUT2D eigenvalue weighted by Crippen LogP contribution is 2.26. The molecule has 1 aliphatic heterocycles. The van der Waals surface area contributed by atoms with E-state index in [1.807, 2.05) is 0 Å². The number of benzene rings is 1. The van der Waals surface area contributed by atoms with Gasteiger partial charge in [0.15, 0.2) is 0 Å². The van der Waals surface area contributed by atoms with Gasteiger partial charge in [-0.2, -0.15) is 0 Å². The fraction of sp³-hybridized carbons (Fsp3) is 0.222. The van der Waals surface area contributed by atoms with Crippen LogP contribution in [0.1, 0.15) is 5.56 Å². The maximum Gasteiger partial charge on any atom is 0.263 e. The molecular weight excluding hydrogens is 274 g/mol. The first-order valence-electron chi connectivity index (χ1n) is 5.20. The Labute approximate surface area is 107 Å². The van der Waals surface area contributed by atoms with Crippen LogP contribution < -0.4 is 10.0 Å². The molecule has 2 heterocycles. The van der Waals surface area contributed by atoms with Crippen LogP contribution in [0.4, 0.5) is 10.8 Å². The lowest BCUT2D eigenvalue weighted by Crippen LogP contribution is -2.13. The lowest BCUT2D eigenvalue weighted by atomic mass is 10.2. The predicted molar refractivity (Wildman–Crippen MR) is 67.1 cm³/mol. The first kappa shape index (κ1) is 11.4. The summed E-state index contributed by atoms with van der Waals surface area (Å²) in [6.07, 6.45) is 0.832. The van der Waals surface area contributed by atoms with Crippen molar-refractivity contribution in [3.8, 4) is 0 Å². The zero-order valence-electron chi connectivity index (χ0n) is 9.12. The van der Waals surface area contributed by atoms with E-state index in [9.17, 15) is 8.42 Å². The molecule has 0 saturated carbocycles. The molecule has 0 amide bonds. The van der Waals surface area contributed by atoms with Crippen molar-refractivity contribution in [3.63, 3.8) is 0 Å². The van der Waals surface area contributed by atoms with Crippen LogP contribution in [0.25, 0.3) is 0 Å². The minimum atomic E-state index is -3.61. The van der Waals surface area contributed by atoms with Crippen LogP contribution in [0.5, 0.6) is 0 Å². The Kier molecular flexibility index (Phi) is 2.63. The molecule has 18 heavy (non-hydrogen) atoms. The van der Waals surface area contributed by atoms with Gasteiger partial charge in [-0.3, -0.25) is 4.72 Å². The van der Waals surface area contributed by atoms with Crippen molar-refractivity contribution in [2.75, 3.05) is 16.6 Å². The van der Waals surface area contributed by atoms with Crippen LogP contribution in [-0.2, 0) is 16.4 Å². The predicted octanol–water partition coefficient (Wildman–Crippen LogP) is 0.702. The molecule has 0 unspecified atom stereocenters. The van der Waals surface area contributed by atoms with Crippen molar-refractivity contribution in [1.82, 2.24) is 14.8 Å². The minimum absolute atomic E-state index is 0.161. The van der Waals surface area contributed by atoms with E-state index in [1.54, 1.807) is 18.2 Å². The number of nitrogens with one attached hydrogen (secondary N) is 2. The molecule has 7 nitrogen and oxygen atoms in total. The highest BCUT2D eigenvalue weighted by atomic mass is 32.2. The number of fused-ring (bicyclic) bond motifs is 1. The molecule has 0 spiro atoms. The first-order chi connectivity index (χ1) is 8.65. The van der Waals surface area contributed by atoms with E-state index in [2.05, 4.69) is 24.8 Å². The maximum atomic E-state index is 12.1. The summed E-state index contributed by atoms with van der Waals surface area (Å²) in [6, 6.07) is 5.01. The van der Waals surface area contributed by atoms with Crippen molar-refractivity contribution in [2.24, 2.45) is 0 Å². The Morgan fingerprint density at radius 3 is 3.06 bits per heavy atom. The number of hydrogen-bond acceptors (Lipinski definition) is 7. The molecule has 2 aromatic rings. The number of hydrogen-bond donors (Lipinski definition) is 2. The summed E-state index contributed by atoms with van der Waals surface area (Å²) >= 11 is 0.895. The molecule has 0 fully saturated rings. The largest absolute Gasteiger partial charge is 0.384 e. The van der Waals surface area contributed by atoms with E-state index in [1.165, 1.54) is 0 Å². The normalized spacial score (nSPS) is 14.0. The Bertz CT molecular complexity index is 668. The molecule has 0 radical (unpaired) electrons. The highest BCUT2D eigenvalue weighted by Gasteiger charge is 2.19. The average molecular weight is 283 g/mol. The summed E-state index contributed by atoms with van der Waals surface area (Å²) in [6.45, 7) is 0.840. The van der Waals surface area contributed by atoms with Crippen LogP contribution in [-0.4, -0.2) is 29.8 Å². The SMILES string of the molecule is O=S(=O)(Nc1nnns1)c1ccc2c(c1)CCN2. The van der Waals surface area contributed by atoms with Gasteiger partial charge in [0.25, 0.3) is 10.0 Å². The third-order valence-electron chi connectivity index (χ3n) is 2.62. The maximum absolute atomic E-state index is 12.1. The molecule has 1 aromatic carbocycles. The zero-order valence-corrected chi connectivity index (χ0v) is 10.8. The third kappa shape index (κ3) is 2.02. The van der Waals surface area contributed by atoms with E-state index in [4.69, 9.17) is 0 Å². The average Bonchev–Trinajstić information content (AvgIpc) is 2.97. The minimum Gasteiger partial charge on any atom is -0.384 e. The molecule has 0 bridgehead atoms. The zero-order chi connectivity index (χ0) is 12.6. The summed E-state index contributed by atoms with van der Waals surface area (Å²) < 4.78 is 30.0. The van der Waals surface area contributed by atoms with Crippen molar-refractivity contribution < 1.29 is 8.42 Å². The quantitative estimate of drug-likeness (QED) is 0.860.